The van der Waals surface area contributed by atoms with Crippen molar-refractivity contribution in [3.8, 4) is 0 Å². The van der Waals surface area contributed by atoms with Crippen molar-refractivity contribution in [3.05, 3.63) is 149 Å². The lowest BCUT2D eigenvalue weighted by Crippen LogP contribution is -2.41. The van der Waals surface area contributed by atoms with Gasteiger partial charge in [-0.25, -0.2) is 4.68 Å². The third-order valence-electron chi connectivity index (χ3n) is 6.02. The molecule has 5 rings (SSSR count). The Bertz CT molecular complexity index is 1190. The number of rotatable bonds is 7. The minimum absolute atomic E-state index is 0.377. The maximum atomic E-state index is 6.74. The largest absolute Gasteiger partial charge is 0.321 e. The van der Waals surface area contributed by atoms with Crippen molar-refractivity contribution in [1.29, 1.82) is 0 Å². The Labute approximate surface area is 193 Å². The van der Waals surface area contributed by atoms with E-state index < -0.39 is 5.54 Å². The predicted molar refractivity (Wildman–Crippen MR) is 129 cm³/mol. The minimum Gasteiger partial charge on any atom is -0.321 e. The van der Waals surface area contributed by atoms with Gasteiger partial charge in [0.15, 0.2) is 5.82 Å². The van der Waals surface area contributed by atoms with Crippen LogP contribution in [-0.2, 0) is 12.0 Å². The average Bonchev–Trinajstić information content (AvgIpc) is 3.38. The number of hydrogen-bond acceptors (Lipinski definition) is 4. The highest BCUT2D eigenvalue weighted by Gasteiger charge is 2.42. The quantitative estimate of drug-likeness (QED) is 0.377. The average molecular weight is 432 g/mol. The Morgan fingerprint density at radius 3 is 1.52 bits per heavy atom. The first-order valence-electron chi connectivity index (χ1n) is 11.0. The van der Waals surface area contributed by atoms with E-state index in [-0.39, 0.29) is 6.04 Å². The van der Waals surface area contributed by atoms with E-state index >= 15 is 0 Å². The van der Waals surface area contributed by atoms with Crippen molar-refractivity contribution in [3.63, 3.8) is 0 Å². The molecule has 0 amide bonds. The molecular weight excluding hydrogens is 406 g/mol. The lowest BCUT2D eigenvalue weighted by Gasteiger charge is -2.37. The number of benzene rings is 4. The van der Waals surface area contributed by atoms with Crippen molar-refractivity contribution in [2.24, 2.45) is 5.73 Å². The standard InChI is InChI=1S/C28H25N5/c29-26(21-22-13-5-1-6-14-22)27-30-31-32-33(27)28(23-15-7-2-8-16-23,24-17-9-3-10-18-24)25-19-11-4-12-20-25/h1-20,26H,21,29H2. The number of nitrogens with zero attached hydrogens (tertiary/aromatic N) is 4. The van der Waals surface area contributed by atoms with Crippen LogP contribution in [0.15, 0.2) is 121 Å². The van der Waals surface area contributed by atoms with Crippen molar-refractivity contribution in [2.75, 3.05) is 0 Å². The Morgan fingerprint density at radius 1 is 0.636 bits per heavy atom. The first-order valence-corrected chi connectivity index (χ1v) is 11.0. The van der Waals surface area contributed by atoms with Gasteiger partial charge in [0.1, 0.15) is 5.54 Å². The van der Waals surface area contributed by atoms with Crippen molar-refractivity contribution in [2.45, 2.75) is 18.0 Å². The normalized spacial score (nSPS) is 12.4. The molecule has 1 unspecified atom stereocenters. The molecule has 0 saturated heterocycles. The maximum Gasteiger partial charge on any atom is 0.170 e. The second-order valence-electron chi connectivity index (χ2n) is 8.05. The second-order valence-corrected chi connectivity index (χ2v) is 8.05. The zero-order chi connectivity index (χ0) is 22.5. The molecule has 5 aromatic rings. The number of tetrazole rings is 1. The molecule has 0 spiro atoms. The summed E-state index contributed by atoms with van der Waals surface area (Å²) in [5, 5.41) is 13.1. The van der Waals surface area contributed by atoms with Gasteiger partial charge >= 0.3 is 0 Å². The molecule has 0 radical (unpaired) electrons. The topological polar surface area (TPSA) is 69.6 Å². The van der Waals surface area contributed by atoms with Crippen LogP contribution >= 0.6 is 0 Å². The molecule has 0 bridgehead atoms. The van der Waals surface area contributed by atoms with Crippen LogP contribution in [0.2, 0.25) is 0 Å². The summed E-state index contributed by atoms with van der Waals surface area (Å²) in [4.78, 5) is 0. The molecular formula is C28H25N5. The maximum absolute atomic E-state index is 6.74. The molecule has 1 atom stereocenters. The van der Waals surface area contributed by atoms with Crippen LogP contribution in [-0.4, -0.2) is 20.2 Å². The summed E-state index contributed by atoms with van der Waals surface area (Å²) in [6, 6.07) is 40.9. The number of hydrogen-bond donors (Lipinski definition) is 1. The molecule has 33 heavy (non-hydrogen) atoms. The van der Waals surface area contributed by atoms with Gasteiger partial charge in [-0.05, 0) is 39.1 Å². The zero-order valence-corrected chi connectivity index (χ0v) is 18.2. The van der Waals surface area contributed by atoms with E-state index in [2.05, 4.69) is 64.1 Å². The predicted octanol–water partition coefficient (Wildman–Crippen LogP) is 4.76. The van der Waals surface area contributed by atoms with Crippen LogP contribution in [0.4, 0.5) is 0 Å². The van der Waals surface area contributed by atoms with Crippen LogP contribution in [0.25, 0.3) is 0 Å². The molecule has 2 N–H and O–H groups in total. The molecule has 4 aromatic carbocycles. The van der Waals surface area contributed by atoms with Gasteiger partial charge in [-0.1, -0.05) is 121 Å². The second kappa shape index (κ2) is 9.18. The smallest absolute Gasteiger partial charge is 0.170 e. The van der Waals surface area contributed by atoms with E-state index in [1.54, 1.807) is 0 Å². The summed E-state index contributed by atoms with van der Waals surface area (Å²) in [5.41, 5.74) is 10.3. The van der Waals surface area contributed by atoms with E-state index in [0.29, 0.717) is 12.2 Å². The highest BCUT2D eigenvalue weighted by atomic mass is 15.6. The highest BCUT2D eigenvalue weighted by molar-refractivity contribution is 5.50. The summed E-state index contributed by atoms with van der Waals surface area (Å²) >= 11 is 0. The van der Waals surface area contributed by atoms with Gasteiger partial charge in [0.2, 0.25) is 0 Å². The summed E-state index contributed by atoms with van der Waals surface area (Å²) in [5.74, 6) is 0.635. The molecule has 5 nitrogen and oxygen atoms in total. The van der Waals surface area contributed by atoms with Crippen molar-refractivity contribution < 1.29 is 0 Å². The van der Waals surface area contributed by atoms with E-state index in [4.69, 9.17) is 5.73 Å². The Morgan fingerprint density at radius 2 is 1.06 bits per heavy atom. The fourth-order valence-electron chi connectivity index (χ4n) is 4.53. The number of aromatic nitrogens is 4. The summed E-state index contributed by atoms with van der Waals surface area (Å²) in [7, 11) is 0. The Balaban J connectivity index is 1.76. The summed E-state index contributed by atoms with van der Waals surface area (Å²) in [6.45, 7) is 0. The molecule has 0 aliphatic carbocycles. The van der Waals surface area contributed by atoms with Gasteiger partial charge in [0.25, 0.3) is 0 Å². The van der Waals surface area contributed by atoms with Crippen molar-refractivity contribution in [1.82, 2.24) is 20.2 Å². The zero-order valence-electron chi connectivity index (χ0n) is 18.2. The minimum atomic E-state index is -0.781. The first-order chi connectivity index (χ1) is 16.3. The van der Waals surface area contributed by atoms with Gasteiger partial charge in [-0.2, -0.15) is 0 Å². The first kappa shape index (κ1) is 20.8. The third kappa shape index (κ3) is 3.83. The van der Waals surface area contributed by atoms with Crippen LogP contribution in [0.1, 0.15) is 34.1 Å². The van der Waals surface area contributed by atoms with Crippen LogP contribution < -0.4 is 5.73 Å². The van der Waals surface area contributed by atoms with Gasteiger partial charge in [0.05, 0.1) is 6.04 Å². The molecule has 1 aromatic heterocycles. The molecule has 0 aliphatic rings. The molecule has 0 aliphatic heterocycles. The molecule has 5 heteroatoms. The SMILES string of the molecule is NC(Cc1ccccc1)c1nnnn1C(c1ccccc1)(c1ccccc1)c1ccccc1. The van der Waals surface area contributed by atoms with Crippen molar-refractivity contribution >= 4 is 0 Å². The van der Waals surface area contributed by atoms with Crippen LogP contribution in [0, 0.1) is 0 Å². The lowest BCUT2D eigenvalue weighted by molar-refractivity contribution is 0.415. The van der Waals surface area contributed by atoms with E-state index in [1.165, 1.54) is 0 Å². The fourth-order valence-corrected chi connectivity index (χ4v) is 4.53. The Kier molecular flexibility index (Phi) is 5.79. The van der Waals surface area contributed by atoms with Crippen LogP contribution in [0.5, 0.6) is 0 Å². The molecule has 1 heterocycles. The molecule has 0 fully saturated rings. The van der Waals surface area contributed by atoms with Gasteiger partial charge in [-0.15, -0.1) is 5.10 Å². The fraction of sp³-hybridized carbons (Fsp3) is 0.107. The van der Waals surface area contributed by atoms with Gasteiger partial charge in [-0.3, -0.25) is 0 Å². The monoisotopic (exact) mass is 431 g/mol. The summed E-state index contributed by atoms with van der Waals surface area (Å²) in [6.07, 6.45) is 0.635. The van der Waals surface area contributed by atoms with Gasteiger partial charge < -0.3 is 5.73 Å². The van der Waals surface area contributed by atoms with E-state index in [9.17, 15) is 0 Å². The third-order valence-corrected chi connectivity index (χ3v) is 6.02. The van der Waals surface area contributed by atoms with Gasteiger partial charge in [0, 0.05) is 0 Å². The lowest BCUT2D eigenvalue weighted by atomic mass is 9.77. The highest BCUT2D eigenvalue weighted by Crippen LogP contribution is 2.41. The Hall–Kier alpha value is -4.09. The summed E-state index contributed by atoms with van der Waals surface area (Å²) < 4.78 is 1.90. The number of nitrogens with two attached hydrogens (primary N) is 1. The molecule has 0 saturated carbocycles. The van der Waals surface area contributed by atoms with E-state index in [0.717, 1.165) is 22.3 Å². The van der Waals surface area contributed by atoms with Crippen LogP contribution in [0.3, 0.4) is 0 Å². The molecule has 162 valence electrons. The van der Waals surface area contributed by atoms with E-state index in [1.807, 2.05) is 77.5 Å².